The van der Waals surface area contributed by atoms with E-state index in [4.69, 9.17) is 21.1 Å². The average molecular weight is 318 g/mol. The van der Waals surface area contributed by atoms with Crippen molar-refractivity contribution < 1.29 is 14.3 Å². The van der Waals surface area contributed by atoms with E-state index in [0.717, 1.165) is 11.3 Å². The highest BCUT2D eigenvalue weighted by molar-refractivity contribution is 6.34. The van der Waals surface area contributed by atoms with Gasteiger partial charge in [0.25, 0.3) is 5.91 Å². The molecule has 114 valence electrons. The number of amides is 1. The molecule has 0 bridgehead atoms. The summed E-state index contributed by atoms with van der Waals surface area (Å²) < 4.78 is 10.9. The molecule has 0 radical (unpaired) electrons. The van der Waals surface area contributed by atoms with E-state index in [2.05, 4.69) is 5.32 Å². The summed E-state index contributed by atoms with van der Waals surface area (Å²) in [5, 5.41) is 3.19. The van der Waals surface area contributed by atoms with E-state index in [-0.39, 0.29) is 5.91 Å². The highest BCUT2D eigenvalue weighted by Crippen LogP contribution is 2.35. The zero-order valence-corrected chi connectivity index (χ0v) is 13.2. The maximum Gasteiger partial charge on any atom is 0.257 e. The average Bonchev–Trinajstić information content (AvgIpc) is 2.50. The summed E-state index contributed by atoms with van der Waals surface area (Å²) >= 11 is 6.18. The Hall–Kier alpha value is -2.20. The molecule has 1 amide bonds. The molecule has 2 aromatic rings. The number of rotatable bonds is 2. The zero-order valence-electron chi connectivity index (χ0n) is 12.4. The summed E-state index contributed by atoms with van der Waals surface area (Å²) in [5.74, 6) is 0.838. The van der Waals surface area contributed by atoms with Crippen LogP contribution < -0.4 is 14.8 Å². The third-order valence-corrected chi connectivity index (χ3v) is 3.95. The van der Waals surface area contributed by atoms with E-state index in [1.807, 2.05) is 32.0 Å². The van der Waals surface area contributed by atoms with Gasteiger partial charge in [-0.05, 0) is 43.2 Å². The van der Waals surface area contributed by atoms with Crippen LogP contribution in [0.2, 0.25) is 5.02 Å². The van der Waals surface area contributed by atoms with E-state index >= 15 is 0 Å². The van der Waals surface area contributed by atoms with Crippen molar-refractivity contribution in [3.05, 3.63) is 52.0 Å². The smallest absolute Gasteiger partial charge is 0.257 e. The lowest BCUT2D eigenvalue weighted by molar-refractivity contribution is 0.102. The number of aryl methyl sites for hydroxylation is 2. The SMILES string of the molecule is Cc1ccc(NC(=O)c2cc3c(cc2Cl)OCCO3)cc1C. The van der Waals surface area contributed by atoms with Crippen LogP contribution >= 0.6 is 11.6 Å². The summed E-state index contributed by atoms with van der Waals surface area (Å²) in [7, 11) is 0. The molecule has 3 rings (SSSR count). The lowest BCUT2D eigenvalue weighted by Gasteiger charge is -2.19. The molecule has 0 unspecified atom stereocenters. The third-order valence-electron chi connectivity index (χ3n) is 3.64. The topological polar surface area (TPSA) is 47.6 Å². The van der Waals surface area contributed by atoms with E-state index in [1.165, 1.54) is 5.56 Å². The van der Waals surface area contributed by atoms with Gasteiger partial charge in [-0.1, -0.05) is 17.7 Å². The number of carbonyl (C=O) groups excluding carboxylic acids is 1. The predicted molar refractivity (Wildman–Crippen MR) is 86.3 cm³/mol. The summed E-state index contributed by atoms with van der Waals surface area (Å²) in [5.41, 5.74) is 3.39. The molecule has 0 saturated carbocycles. The predicted octanol–water partition coefficient (Wildman–Crippen LogP) is 3.98. The van der Waals surface area contributed by atoms with Crippen LogP contribution in [0.3, 0.4) is 0 Å². The molecule has 1 N–H and O–H groups in total. The van der Waals surface area contributed by atoms with Gasteiger partial charge in [0.05, 0.1) is 10.6 Å². The van der Waals surface area contributed by atoms with Gasteiger partial charge in [-0.25, -0.2) is 0 Å². The minimum Gasteiger partial charge on any atom is -0.486 e. The van der Waals surface area contributed by atoms with Crippen LogP contribution in [-0.2, 0) is 0 Å². The van der Waals surface area contributed by atoms with Gasteiger partial charge in [0.15, 0.2) is 11.5 Å². The molecule has 0 fully saturated rings. The highest BCUT2D eigenvalue weighted by Gasteiger charge is 2.19. The van der Waals surface area contributed by atoms with Gasteiger partial charge in [-0.2, -0.15) is 0 Å². The number of benzene rings is 2. The molecular formula is C17H16ClNO3. The molecule has 0 atom stereocenters. The highest BCUT2D eigenvalue weighted by atomic mass is 35.5. The first-order valence-electron chi connectivity index (χ1n) is 7.02. The van der Waals surface area contributed by atoms with Crippen molar-refractivity contribution in [2.75, 3.05) is 18.5 Å². The molecular weight excluding hydrogens is 302 g/mol. The second-order valence-electron chi connectivity index (χ2n) is 5.23. The van der Waals surface area contributed by atoms with Crippen LogP contribution in [0.5, 0.6) is 11.5 Å². The fraction of sp³-hybridized carbons (Fsp3) is 0.235. The first-order valence-corrected chi connectivity index (χ1v) is 7.40. The number of fused-ring (bicyclic) bond motifs is 1. The molecule has 4 nitrogen and oxygen atoms in total. The van der Waals surface area contributed by atoms with Gasteiger partial charge in [0.1, 0.15) is 13.2 Å². The molecule has 2 aromatic carbocycles. The van der Waals surface area contributed by atoms with Crippen LogP contribution in [0.1, 0.15) is 21.5 Å². The Bertz CT molecular complexity index is 743. The number of halogens is 1. The molecule has 1 heterocycles. The molecule has 0 spiro atoms. The maximum absolute atomic E-state index is 12.4. The summed E-state index contributed by atoms with van der Waals surface area (Å²) in [6.45, 7) is 4.98. The summed E-state index contributed by atoms with van der Waals surface area (Å²) in [4.78, 5) is 12.4. The fourth-order valence-electron chi connectivity index (χ4n) is 2.26. The Kier molecular flexibility index (Phi) is 3.94. The van der Waals surface area contributed by atoms with Crippen molar-refractivity contribution in [2.24, 2.45) is 0 Å². The van der Waals surface area contributed by atoms with Crippen molar-refractivity contribution in [3.63, 3.8) is 0 Å². The van der Waals surface area contributed by atoms with Crippen molar-refractivity contribution in [1.82, 2.24) is 0 Å². The van der Waals surface area contributed by atoms with E-state index in [0.29, 0.717) is 35.3 Å². The van der Waals surface area contributed by atoms with Crippen LogP contribution in [0.4, 0.5) is 5.69 Å². The van der Waals surface area contributed by atoms with Gasteiger partial charge in [-0.15, -0.1) is 0 Å². The molecule has 1 aliphatic rings. The minimum absolute atomic E-state index is 0.273. The molecule has 0 aromatic heterocycles. The number of hydrogen-bond donors (Lipinski definition) is 1. The van der Waals surface area contributed by atoms with Crippen LogP contribution in [0.15, 0.2) is 30.3 Å². The first kappa shape index (κ1) is 14.7. The lowest BCUT2D eigenvalue weighted by atomic mass is 10.1. The molecule has 5 heteroatoms. The number of hydrogen-bond acceptors (Lipinski definition) is 3. The summed E-state index contributed by atoms with van der Waals surface area (Å²) in [6, 6.07) is 9.00. The van der Waals surface area contributed by atoms with Crippen LogP contribution in [0, 0.1) is 13.8 Å². The van der Waals surface area contributed by atoms with Gasteiger partial charge in [0, 0.05) is 11.8 Å². The van der Waals surface area contributed by atoms with E-state index in [1.54, 1.807) is 12.1 Å². The molecule has 22 heavy (non-hydrogen) atoms. The number of carbonyl (C=O) groups is 1. The van der Waals surface area contributed by atoms with E-state index in [9.17, 15) is 4.79 Å². The maximum atomic E-state index is 12.4. The normalized spacial score (nSPS) is 12.9. The fourth-order valence-corrected chi connectivity index (χ4v) is 2.50. The number of nitrogens with one attached hydrogen (secondary N) is 1. The quantitative estimate of drug-likeness (QED) is 0.911. The third kappa shape index (κ3) is 2.88. The Morgan fingerprint density at radius 2 is 1.73 bits per heavy atom. The second-order valence-corrected chi connectivity index (χ2v) is 5.64. The van der Waals surface area contributed by atoms with Crippen molar-refractivity contribution >= 4 is 23.2 Å². The van der Waals surface area contributed by atoms with Gasteiger partial charge in [0.2, 0.25) is 0 Å². The van der Waals surface area contributed by atoms with E-state index < -0.39 is 0 Å². The van der Waals surface area contributed by atoms with Gasteiger partial charge >= 0.3 is 0 Å². The largest absolute Gasteiger partial charge is 0.486 e. The van der Waals surface area contributed by atoms with Crippen LogP contribution in [-0.4, -0.2) is 19.1 Å². The van der Waals surface area contributed by atoms with Crippen molar-refractivity contribution in [3.8, 4) is 11.5 Å². The molecule has 1 aliphatic heterocycles. The molecule has 0 aliphatic carbocycles. The Morgan fingerprint density at radius 1 is 1.05 bits per heavy atom. The van der Waals surface area contributed by atoms with Gasteiger partial charge in [-0.3, -0.25) is 4.79 Å². The Balaban J connectivity index is 1.87. The summed E-state index contributed by atoms with van der Waals surface area (Å²) in [6.07, 6.45) is 0. The van der Waals surface area contributed by atoms with Crippen LogP contribution in [0.25, 0.3) is 0 Å². The second kappa shape index (κ2) is 5.89. The Morgan fingerprint density at radius 3 is 2.41 bits per heavy atom. The number of anilines is 1. The van der Waals surface area contributed by atoms with Crippen molar-refractivity contribution in [2.45, 2.75) is 13.8 Å². The zero-order chi connectivity index (χ0) is 15.7. The van der Waals surface area contributed by atoms with Crippen molar-refractivity contribution in [1.29, 1.82) is 0 Å². The standard InChI is InChI=1S/C17H16ClNO3/c1-10-3-4-12(7-11(10)2)19-17(20)13-8-15-16(9-14(13)18)22-6-5-21-15/h3-4,7-9H,5-6H2,1-2H3,(H,19,20). The lowest BCUT2D eigenvalue weighted by Crippen LogP contribution is -2.17. The molecule has 0 saturated heterocycles. The number of ether oxygens (including phenoxy) is 2. The van der Waals surface area contributed by atoms with Gasteiger partial charge < -0.3 is 14.8 Å². The Labute approximate surface area is 134 Å². The monoisotopic (exact) mass is 317 g/mol. The first-order chi connectivity index (χ1) is 10.5. The minimum atomic E-state index is -0.273.